The van der Waals surface area contributed by atoms with E-state index in [4.69, 9.17) is 15.2 Å². The number of carbonyl (C=O) groups is 1. The van der Waals surface area contributed by atoms with Gasteiger partial charge in [0, 0.05) is 37.8 Å². The van der Waals surface area contributed by atoms with Crippen LogP contribution in [0.5, 0.6) is 0 Å². The molecule has 110 valence electrons. The van der Waals surface area contributed by atoms with E-state index in [-0.39, 0.29) is 30.5 Å². The summed E-state index contributed by atoms with van der Waals surface area (Å²) in [6.07, 6.45) is 4.42. The second-order valence-electron chi connectivity index (χ2n) is 5.47. The normalized spacial score (nSPS) is 31.6. The van der Waals surface area contributed by atoms with Gasteiger partial charge in [-0.2, -0.15) is 5.10 Å². The molecule has 1 amide bonds. The summed E-state index contributed by atoms with van der Waals surface area (Å²) in [5.74, 6) is 0.616. The molecule has 20 heavy (non-hydrogen) atoms. The minimum Gasteiger partial charge on any atom is -0.396 e. The highest BCUT2D eigenvalue weighted by atomic mass is 16.5. The number of ether oxygens (including phenoxy) is 2. The Morgan fingerprint density at radius 2 is 2.55 bits per heavy atom. The molecular formula is C13H20N4O3. The second kappa shape index (κ2) is 5.41. The monoisotopic (exact) mass is 280 g/mol. The Labute approximate surface area is 117 Å². The smallest absolute Gasteiger partial charge is 0.241 e. The molecule has 1 aliphatic carbocycles. The van der Waals surface area contributed by atoms with Crippen LogP contribution in [0.3, 0.4) is 0 Å². The fourth-order valence-electron chi connectivity index (χ4n) is 3.28. The predicted molar refractivity (Wildman–Crippen MR) is 71.8 cm³/mol. The maximum Gasteiger partial charge on any atom is 0.241 e. The number of rotatable bonds is 5. The highest BCUT2D eigenvalue weighted by Crippen LogP contribution is 2.43. The Morgan fingerprint density at radius 3 is 3.25 bits per heavy atom. The summed E-state index contributed by atoms with van der Waals surface area (Å²) in [7, 11) is 1.67. The van der Waals surface area contributed by atoms with Crippen LogP contribution in [-0.4, -0.2) is 48.2 Å². The Balaban J connectivity index is 1.57. The SMILES string of the molecule is COC[C@@H]1[C@@H](NC(=O)Cn2cc(N)cn2)[C@@H]2CCO[C@H]12. The molecule has 1 saturated carbocycles. The van der Waals surface area contributed by atoms with E-state index in [0.29, 0.717) is 18.2 Å². The predicted octanol–water partition coefficient (Wildman–Crippen LogP) is -0.369. The fourth-order valence-corrected chi connectivity index (χ4v) is 3.28. The third-order valence-corrected chi connectivity index (χ3v) is 4.17. The number of carbonyl (C=O) groups excluding carboxylic acids is 1. The average Bonchev–Trinajstić information content (AvgIpc) is 3.00. The Bertz CT molecular complexity index is 490. The van der Waals surface area contributed by atoms with E-state index < -0.39 is 0 Å². The molecule has 0 bridgehead atoms. The van der Waals surface area contributed by atoms with Crippen LogP contribution in [0, 0.1) is 11.8 Å². The van der Waals surface area contributed by atoms with Crippen molar-refractivity contribution in [3.63, 3.8) is 0 Å². The van der Waals surface area contributed by atoms with E-state index in [2.05, 4.69) is 10.4 Å². The van der Waals surface area contributed by atoms with Crippen molar-refractivity contribution < 1.29 is 14.3 Å². The van der Waals surface area contributed by atoms with Crippen molar-refractivity contribution in [2.24, 2.45) is 11.8 Å². The maximum atomic E-state index is 12.1. The summed E-state index contributed by atoms with van der Waals surface area (Å²) < 4.78 is 12.4. The molecule has 1 aromatic heterocycles. The number of nitrogens with two attached hydrogens (primary N) is 1. The van der Waals surface area contributed by atoms with Gasteiger partial charge in [0.05, 0.1) is 24.6 Å². The van der Waals surface area contributed by atoms with Crippen molar-refractivity contribution in [3.05, 3.63) is 12.4 Å². The van der Waals surface area contributed by atoms with E-state index in [9.17, 15) is 4.79 Å². The molecule has 4 atom stereocenters. The van der Waals surface area contributed by atoms with Gasteiger partial charge in [0.15, 0.2) is 0 Å². The summed E-state index contributed by atoms with van der Waals surface area (Å²) >= 11 is 0. The Morgan fingerprint density at radius 1 is 1.70 bits per heavy atom. The van der Waals surface area contributed by atoms with Crippen LogP contribution in [0.25, 0.3) is 0 Å². The van der Waals surface area contributed by atoms with Crippen LogP contribution in [-0.2, 0) is 20.8 Å². The summed E-state index contributed by atoms with van der Waals surface area (Å²) in [6.45, 7) is 1.57. The average molecular weight is 280 g/mol. The van der Waals surface area contributed by atoms with E-state index in [0.717, 1.165) is 13.0 Å². The zero-order valence-electron chi connectivity index (χ0n) is 11.5. The third kappa shape index (κ3) is 2.38. The Kier molecular flexibility index (Phi) is 3.62. The van der Waals surface area contributed by atoms with Gasteiger partial charge in [0.2, 0.25) is 5.91 Å². The minimum absolute atomic E-state index is 0.0513. The van der Waals surface area contributed by atoms with Gasteiger partial charge in [-0.05, 0) is 6.42 Å². The summed E-state index contributed by atoms with van der Waals surface area (Å²) in [6, 6.07) is 0.142. The molecular weight excluding hydrogens is 260 g/mol. The van der Waals surface area contributed by atoms with Gasteiger partial charge in [-0.1, -0.05) is 0 Å². The Hall–Kier alpha value is -1.60. The minimum atomic E-state index is -0.0513. The van der Waals surface area contributed by atoms with Crippen LogP contribution >= 0.6 is 0 Å². The standard InChI is InChI=1S/C13H20N4O3/c1-19-7-10-12(9-2-3-20-13(9)10)16-11(18)6-17-5-8(14)4-15-17/h4-5,9-10,12-13H,2-3,6-7,14H2,1H3,(H,16,18)/t9-,10+,12-,13-/m0/s1. The molecule has 0 radical (unpaired) electrons. The first-order valence-electron chi connectivity index (χ1n) is 6.87. The molecule has 2 fully saturated rings. The zero-order chi connectivity index (χ0) is 14.1. The number of hydrogen-bond acceptors (Lipinski definition) is 5. The first-order valence-corrected chi connectivity index (χ1v) is 6.87. The largest absolute Gasteiger partial charge is 0.396 e. The summed E-state index contributed by atoms with van der Waals surface area (Å²) in [5.41, 5.74) is 6.13. The van der Waals surface area contributed by atoms with Crippen LogP contribution in [0.1, 0.15) is 6.42 Å². The quantitative estimate of drug-likeness (QED) is 0.768. The van der Waals surface area contributed by atoms with Crippen molar-refractivity contribution in [2.45, 2.75) is 25.1 Å². The molecule has 0 unspecified atom stereocenters. The molecule has 0 spiro atoms. The van der Waals surface area contributed by atoms with Gasteiger partial charge in [-0.25, -0.2) is 0 Å². The summed E-state index contributed by atoms with van der Waals surface area (Å²) in [4.78, 5) is 12.1. The number of nitrogens with one attached hydrogen (secondary N) is 1. The molecule has 1 saturated heterocycles. The van der Waals surface area contributed by atoms with Gasteiger partial charge in [-0.15, -0.1) is 0 Å². The number of nitrogens with zero attached hydrogens (tertiary/aromatic N) is 2. The van der Waals surface area contributed by atoms with E-state index in [1.165, 1.54) is 10.9 Å². The molecule has 1 aromatic rings. The molecule has 7 heteroatoms. The lowest BCUT2D eigenvalue weighted by Gasteiger charge is -2.47. The highest BCUT2D eigenvalue weighted by molar-refractivity contribution is 5.76. The number of anilines is 1. The van der Waals surface area contributed by atoms with Crippen LogP contribution in [0.4, 0.5) is 5.69 Å². The molecule has 3 rings (SSSR count). The summed E-state index contributed by atoms with van der Waals surface area (Å²) in [5, 5.41) is 7.09. The third-order valence-electron chi connectivity index (χ3n) is 4.17. The van der Waals surface area contributed by atoms with Gasteiger partial charge in [-0.3, -0.25) is 9.48 Å². The van der Waals surface area contributed by atoms with Crippen LogP contribution < -0.4 is 11.1 Å². The van der Waals surface area contributed by atoms with Gasteiger partial charge < -0.3 is 20.5 Å². The number of nitrogen functional groups attached to an aromatic ring is 1. The molecule has 0 aromatic carbocycles. The lowest BCUT2D eigenvalue weighted by atomic mass is 9.67. The van der Waals surface area contributed by atoms with Gasteiger partial charge in [0.25, 0.3) is 0 Å². The van der Waals surface area contributed by atoms with Crippen molar-refractivity contribution >= 4 is 11.6 Å². The van der Waals surface area contributed by atoms with Gasteiger partial charge in [0.1, 0.15) is 6.54 Å². The molecule has 7 nitrogen and oxygen atoms in total. The van der Waals surface area contributed by atoms with E-state index in [1.54, 1.807) is 13.3 Å². The number of methoxy groups -OCH3 is 1. The van der Waals surface area contributed by atoms with E-state index >= 15 is 0 Å². The van der Waals surface area contributed by atoms with Crippen molar-refractivity contribution in [3.8, 4) is 0 Å². The number of fused-ring (bicyclic) bond motifs is 1. The van der Waals surface area contributed by atoms with Crippen LogP contribution in [0.15, 0.2) is 12.4 Å². The lowest BCUT2D eigenvalue weighted by Crippen LogP contribution is -2.63. The fraction of sp³-hybridized carbons (Fsp3) is 0.692. The van der Waals surface area contributed by atoms with Crippen molar-refractivity contribution in [1.29, 1.82) is 0 Å². The van der Waals surface area contributed by atoms with Gasteiger partial charge >= 0.3 is 0 Å². The second-order valence-corrected chi connectivity index (χ2v) is 5.47. The zero-order valence-corrected chi connectivity index (χ0v) is 11.5. The topological polar surface area (TPSA) is 91.4 Å². The maximum absolute atomic E-state index is 12.1. The number of amides is 1. The first kappa shape index (κ1) is 13.4. The number of aromatic nitrogens is 2. The molecule has 2 aliphatic rings. The molecule has 1 aliphatic heterocycles. The first-order chi connectivity index (χ1) is 9.69. The molecule has 3 N–H and O–H groups in total. The van der Waals surface area contributed by atoms with Crippen molar-refractivity contribution in [2.75, 3.05) is 26.1 Å². The lowest BCUT2D eigenvalue weighted by molar-refractivity contribution is -0.130. The number of hydrogen-bond donors (Lipinski definition) is 2. The molecule has 2 heterocycles. The van der Waals surface area contributed by atoms with Crippen LogP contribution in [0.2, 0.25) is 0 Å². The highest BCUT2D eigenvalue weighted by Gasteiger charge is 2.54. The van der Waals surface area contributed by atoms with Crippen molar-refractivity contribution in [1.82, 2.24) is 15.1 Å². The van der Waals surface area contributed by atoms with E-state index in [1.807, 2.05) is 0 Å².